The second kappa shape index (κ2) is 7.32. The molecule has 0 bridgehead atoms. The maximum Gasteiger partial charge on any atom is 0.170 e. The molecule has 166 valence electrons. The molecule has 4 aromatic carbocycles. The molecule has 0 unspecified atom stereocenters. The molecule has 0 saturated carbocycles. The second-order valence-electron chi connectivity index (χ2n) is 9.04. The van der Waals surface area contributed by atoms with Gasteiger partial charge in [-0.2, -0.15) is 0 Å². The zero-order valence-corrected chi connectivity index (χ0v) is 18.3. The lowest BCUT2D eigenvalue weighted by Crippen LogP contribution is -2.49. The molecule has 0 amide bonds. The Morgan fingerprint density at radius 2 is 0.794 bits per heavy atom. The maximum atomic E-state index is 14.0. The Kier molecular flexibility index (Phi) is 4.46. The van der Waals surface area contributed by atoms with Gasteiger partial charge in [0, 0.05) is 11.1 Å². The van der Waals surface area contributed by atoms with Crippen molar-refractivity contribution < 1.29 is 19.8 Å². The number of ketones is 2. The number of carbonyl (C=O) groups is 2. The van der Waals surface area contributed by atoms with Gasteiger partial charge < -0.3 is 10.2 Å². The molecule has 2 aliphatic carbocycles. The van der Waals surface area contributed by atoms with E-state index in [1.54, 1.807) is 97.1 Å². The van der Waals surface area contributed by atoms with Crippen LogP contribution in [0.15, 0.2) is 109 Å². The van der Waals surface area contributed by atoms with Crippen LogP contribution in [0.2, 0.25) is 0 Å². The Morgan fingerprint density at radius 3 is 1.18 bits per heavy atom. The van der Waals surface area contributed by atoms with Crippen LogP contribution < -0.4 is 0 Å². The van der Waals surface area contributed by atoms with Gasteiger partial charge in [0.15, 0.2) is 11.6 Å². The summed E-state index contributed by atoms with van der Waals surface area (Å²) in [7, 11) is 0. The molecule has 0 spiro atoms. The van der Waals surface area contributed by atoms with Gasteiger partial charge in [-0.1, -0.05) is 109 Å². The number of fused-ring (bicyclic) bond motifs is 2. The lowest BCUT2D eigenvalue weighted by molar-refractivity contribution is -0.0463. The van der Waals surface area contributed by atoms with Crippen molar-refractivity contribution in [1.29, 1.82) is 0 Å². The number of benzene rings is 4. The van der Waals surface area contributed by atoms with Gasteiger partial charge >= 0.3 is 0 Å². The Bertz CT molecular complexity index is 1320. The van der Waals surface area contributed by atoms with Gasteiger partial charge in [-0.15, -0.1) is 0 Å². The first kappa shape index (κ1) is 20.7. The molecule has 0 aliphatic heterocycles. The normalized spacial score (nSPS) is 27.5. The first-order chi connectivity index (χ1) is 16.5. The summed E-state index contributed by atoms with van der Waals surface area (Å²) in [5.74, 6) is -3.11. The van der Waals surface area contributed by atoms with Crippen LogP contribution in [-0.4, -0.2) is 21.8 Å². The highest BCUT2D eigenvalue weighted by atomic mass is 16.3. The second-order valence-corrected chi connectivity index (χ2v) is 9.04. The largest absolute Gasteiger partial charge is 0.380 e. The van der Waals surface area contributed by atoms with E-state index < -0.39 is 23.0 Å². The molecule has 4 aromatic rings. The van der Waals surface area contributed by atoms with E-state index in [2.05, 4.69) is 0 Å². The Balaban J connectivity index is 1.65. The molecule has 6 rings (SSSR count). The van der Waals surface area contributed by atoms with Crippen molar-refractivity contribution in [3.05, 3.63) is 143 Å². The summed E-state index contributed by atoms with van der Waals surface area (Å²) in [5.41, 5.74) is -0.878. The monoisotopic (exact) mass is 446 g/mol. The molecule has 4 nitrogen and oxygen atoms in total. The number of rotatable bonds is 3. The molecule has 0 fully saturated rings. The fraction of sp³-hybridized carbons (Fsp3) is 0.133. The Labute approximate surface area is 197 Å². The third kappa shape index (κ3) is 2.55. The first-order valence-corrected chi connectivity index (χ1v) is 11.3. The SMILES string of the molecule is O=C1c2ccccc2[C@@](O)(c2ccccc2)[C@H]1[C@@H]1C(=O)c2ccccc2[C@]1(O)c1ccccc1. The minimum Gasteiger partial charge on any atom is -0.380 e. The summed E-state index contributed by atoms with van der Waals surface area (Å²) in [6, 6.07) is 31.8. The van der Waals surface area contributed by atoms with Crippen molar-refractivity contribution in [2.24, 2.45) is 11.8 Å². The summed E-state index contributed by atoms with van der Waals surface area (Å²) in [6.45, 7) is 0. The Morgan fingerprint density at radius 1 is 0.471 bits per heavy atom. The predicted molar refractivity (Wildman–Crippen MR) is 127 cm³/mol. The van der Waals surface area contributed by atoms with E-state index in [0.29, 0.717) is 33.4 Å². The number of Topliss-reactive ketones (excluding diaryl/α,β-unsaturated/α-hetero) is 2. The van der Waals surface area contributed by atoms with Crippen LogP contribution in [0.3, 0.4) is 0 Å². The average Bonchev–Trinajstić information content (AvgIpc) is 3.26. The van der Waals surface area contributed by atoms with Crippen molar-refractivity contribution in [3.8, 4) is 0 Å². The van der Waals surface area contributed by atoms with E-state index >= 15 is 0 Å². The van der Waals surface area contributed by atoms with Crippen LogP contribution in [0, 0.1) is 11.8 Å². The third-order valence-corrected chi connectivity index (χ3v) is 7.43. The van der Waals surface area contributed by atoms with Crippen LogP contribution in [-0.2, 0) is 11.2 Å². The van der Waals surface area contributed by atoms with Crippen molar-refractivity contribution in [2.45, 2.75) is 11.2 Å². The lowest BCUT2D eigenvalue weighted by atomic mass is 9.66. The number of hydrogen-bond acceptors (Lipinski definition) is 4. The average molecular weight is 447 g/mol. The van der Waals surface area contributed by atoms with Crippen molar-refractivity contribution >= 4 is 11.6 Å². The zero-order valence-electron chi connectivity index (χ0n) is 18.3. The molecule has 34 heavy (non-hydrogen) atoms. The maximum absolute atomic E-state index is 14.0. The van der Waals surface area contributed by atoms with E-state index in [0.717, 1.165) is 0 Å². The number of aliphatic hydroxyl groups is 2. The first-order valence-electron chi connectivity index (χ1n) is 11.3. The van der Waals surface area contributed by atoms with Crippen LogP contribution >= 0.6 is 0 Å². The lowest BCUT2D eigenvalue weighted by Gasteiger charge is -2.40. The molecule has 2 aliphatic rings. The molecule has 0 heterocycles. The van der Waals surface area contributed by atoms with Gasteiger partial charge in [0.05, 0.1) is 11.8 Å². The summed E-state index contributed by atoms with van der Waals surface area (Å²) in [5, 5.41) is 24.8. The van der Waals surface area contributed by atoms with Gasteiger partial charge in [0.1, 0.15) is 11.2 Å². The smallest absolute Gasteiger partial charge is 0.170 e. The summed E-state index contributed by atoms with van der Waals surface area (Å²) >= 11 is 0. The highest BCUT2D eigenvalue weighted by Crippen LogP contribution is 2.57. The highest BCUT2D eigenvalue weighted by Gasteiger charge is 2.65. The Hall–Kier alpha value is -3.86. The zero-order chi connectivity index (χ0) is 23.5. The van der Waals surface area contributed by atoms with E-state index in [1.165, 1.54) is 0 Å². The van der Waals surface area contributed by atoms with E-state index in [9.17, 15) is 19.8 Å². The fourth-order valence-electron chi connectivity index (χ4n) is 5.95. The van der Waals surface area contributed by atoms with Gasteiger partial charge in [-0.3, -0.25) is 9.59 Å². The van der Waals surface area contributed by atoms with Crippen LogP contribution in [0.5, 0.6) is 0 Å². The van der Waals surface area contributed by atoms with Crippen LogP contribution in [0.4, 0.5) is 0 Å². The molecule has 2 N–H and O–H groups in total. The summed E-state index contributed by atoms with van der Waals surface area (Å²) in [6.07, 6.45) is 0. The van der Waals surface area contributed by atoms with E-state index in [4.69, 9.17) is 0 Å². The topological polar surface area (TPSA) is 74.6 Å². The minimum atomic E-state index is -1.78. The van der Waals surface area contributed by atoms with Gasteiger partial charge in [0.2, 0.25) is 0 Å². The van der Waals surface area contributed by atoms with Crippen LogP contribution in [0.25, 0.3) is 0 Å². The van der Waals surface area contributed by atoms with Crippen molar-refractivity contribution in [3.63, 3.8) is 0 Å². The van der Waals surface area contributed by atoms with Gasteiger partial charge in [-0.05, 0) is 22.3 Å². The molecule has 0 aromatic heterocycles. The van der Waals surface area contributed by atoms with Crippen LogP contribution in [0.1, 0.15) is 43.0 Å². The standard InChI is InChI=1S/C30H22O4/c31-27-21-15-7-9-17-23(21)29(33,19-11-3-1-4-12-19)25(27)26-28(32)22-16-8-10-18-24(22)30(26,34)20-13-5-2-6-14-20/h1-18,25-26,33-34H/t25-,26+,29-,30+. The molecular formula is C30H22O4. The fourth-order valence-corrected chi connectivity index (χ4v) is 5.95. The summed E-state index contributed by atoms with van der Waals surface area (Å²) < 4.78 is 0. The van der Waals surface area contributed by atoms with Crippen molar-refractivity contribution in [1.82, 2.24) is 0 Å². The molecule has 0 radical (unpaired) electrons. The predicted octanol–water partition coefficient (Wildman–Crippen LogP) is 4.48. The molecule has 0 saturated heterocycles. The number of hydrogen-bond donors (Lipinski definition) is 2. The number of carbonyl (C=O) groups excluding carboxylic acids is 2. The minimum absolute atomic E-state index is 0.345. The molecule has 4 heteroatoms. The van der Waals surface area contributed by atoms with E-state index in [-0.39, 0.29) is 11.6 Å². The molecule has 4 atom stereocenters. The third-order valence-electron chi connectivity index (χ3n) is 7.43. The van der Waals surface area contributed by atoms with Crippen molar-refractivity contribution in [2.75, 3.05) is 0 Å². The molecular weight excluding hydrogens is 424 g/mol. The quantitative estimate of drug-likeness (QED) is 0.487. The highest BCUT2D eigenvalue weighted by molar-refractivity contribution is 6.12. The van der Waals surface area contributed by atoms with Gasteiger partial charge in [-0.25, -0.2) is 0 Å². The van der Waals surface area contributed by atoms with Gasteiger partial charge in [0.25, 0.3) is 0 Å². The summed E-state index contributed by atoms with van der Waals surface area (Å²) in [4.78, 5) is 27.9. The van der Waals surface area contributed by atoms with E-state index in [1.807, 2.05) is 12.1 Å².